The molecule has 0 bridgehead atoms. The highest BCUT2D eigenvalue weighted by molar-refractivity contribution is 7.91. The molecule has 0 aliphatic carbocycles. The molecule has 1 aromatic rings. The lowest BCUT2D eigenvalue weighted by Gasteiger charge is -2.09. The zero-order chi connectivity index (χ0) is 13.9. The van der Waals surface area contributed by atoms with E-state index >= 15 is 0 Å². The standard InChI is InChI=1S/C13H15FO4S/c14-12-4-2-1-3-10(12)5-7-18-13(15)11-6-8-19(16,17)9-11/h1-4,11H,5-9H2. The molecular formula is C13H15FO4S. The summed E-state index contributed by atoms with van der Waals surface area (Å²) in [4.78, 5) is 11.6. The van der Waals surface area contributed by atoms with Crippen LogP contribution in [0.15, 0.2) is 24.3 Å². The first-order chi connectivity index (χ1) is 8.98. The zero-order valence-electron chi connectivity index (χ0n) is 10.3. The van der Waals surface area contributed by atoms with Crippen molar-refractivity contribution >= 4 is 15.8 Å². The summed E-state index contributed by atoms with van der Waals surface area (Å²) in [5, 5.41) is 0. The number of carbonyl (C=O) groups is 1. The SMILES string of the molecule is O=C(OCCc1ccccc1F)C1CCS(=O)(=O)C1. The van der Waals surface area contributed by atoms with Crippen LogP contribution in [0.3, 0.4) is 0 Å². The Morgan fingerprint density at radius 3 is 2.74 bits per heavy atom. The van der Waals surface area contributed by atoms with E-state index in [-0.39, 0.29) is 30.4 Å². The van der Waals surface area contributed by atoms with Crippen LogP contribution in [0.5, 0.6) is 0 Å². The Bertz CT molecular complexity index is 568. The van der Waals surface area contributed by atoms with E-state index in [2.05, 4.69) is 0 Å². The fraction of sp³-hybridized carbons (Fsp3) is 0.462. The summed E-state index contributed by atoms with van der Waals surface area (Å²) in [5.41, 5.74) is 0.481. The van der Waals surface area contributed by atoms with Crippen LogP contribution in [0, 0.1) is 11.7 Å². The number of sulfone groups is 1. The van der Waals surface area contributed by atoms with Gasteiger partial charge in [0, 0.05) is 6.42 Å². The summed E-state index contributed by atoms with van der Waals surface area (Å²) in [7, 11) is -3.09. The smallest absolute Gasteiger partial charge is 0.310 e. The Morgan fingerprint density at radius 2 is 2.11 bits per heavy atom. The van der Waals surface area contributed by atoms with E-state index in [4.69, 9.17) is 4.74 Å². The van der Waals surface area contributed by atoms with E-state index in [1.54, 1.807) is 18.2 Å². The van der Waals surface area contributed by atoms with Gasteiger partial charge in [-0.1, -0.05) is 18.2 Å². The molecule has 1 atom stereocenters. The average Bonchev–Trinajstić information content (AvgIpc) is 2.72. The van der Waals surface area contributed by atoms with Gasteiger partial charge in [0.15, 0.2) is 9.84 Å². The van der Waals surface area contributed by atoms with Gasteiger partial charge in [0.25, 0.3) is 0 Å². The van der Waals surface area contributed by atoms with Gasteiger partial charge in [-0.25, -0.2) is 12.8 Å². The van der Waals surface area contributed by atoms with Crippen LogP contribution >= 0.6 is 0 Å². The van der Waals surface area contributed by atoms with E-state index in [1.807, 2.05) is 0 Å². The lowest BCUT2D eigenvalue weighted by Crippen LogP contribution is -2.20. The first-order valence-electron chi connectivity index (χ1n) is 6.08. The number of halogens is 1. The van der Waals surface area contributed by atoms with Gasteiger partial charge in [-0.05, 0) is 18.1 Å². The number of hydrogen-bond acceptors (Lipinski definition) is 4. The normalized spacial score (nSPS) is 21.2. The molecule has 1 unspecified atom stereocenters. The molecule has 0 radical (unpaired) electrons. The number of esters is 1. The van der Waals surface area contributed by atoms with Gasteiger partial charge in [0.1, 0.15) is 5.82 Å². The molecule has 1 fully saturated rings. The van der Waals surface area contributed by atoms with Gasteiger partial charge >= 0.3 is 5.97 Å². The van der Waals surface area contributed by atoms with E-state index < -0.39 is 21.7 Å². The summed E-state index contributed by atoms with van der Waals surface area (Å²) >= 11 is 0. The summed E-state index contributed by atoms with van der Waals surface area (Å²) in [6.45, 7) is 0.0658. The maximum absolute atomic E-state index is 13.3. The zero-order valence-corrected chi connectivity index (χ0v) is 11.2. The van der Waals surface area contributed by atoms with Crippen LogP contribution in [0.4, 0.5) is 4.39 Å². The lowest BCUT2D eigenvalue weighted by molar-refractivity contribution is -0.147. The Kier molecular flexibility index (Phi) is 4.19. The van der Waals surface area contributed by atoms with Gasteiger partial charge < -0.3 is 4.74 Å². The van der Waals surface area contributed by atoms with Gasteiger partial charge in [-0.15, -0.1) is 0 Å². The fourth-order valence-corrected chi connectivity index (χ4v) is 3.79. The average molecular weight is 286 g/mol. The molecule has 1 aliphatic heterocycles. The van der Waals surface area contributed by atoms with Crippen LogP contribution < -0.4 is 0 Å². The quantitative estimate of drug-likeness (QED) is 0.784. The second kappa shape index (κ2) is 5.69. The van der Waals surface area contributed by atoms with Gasteiger partial charge in [-0.3, -0.25) is 4.79 Å². The van der Waals surface area contributed by atoms with Crippen LogP contribution in [-0.2, 0) is 25.8 Å². The van der Waals surface area contributed by atoms with Crippen molar-refractivity contribution in [1.29, 1.82) is 0 Å². The Morgan fingerprint density at radius 1 is 1.37 bits per heavy atom. The Balaban J connectivity index is 1.80. The Hall–Kier alpha value is -1.43. The predicted molar refractivity (Wildman–Crippen MR) is 67.8 cm³/mol. The van der Waals surface area contributed by atoms with Crippen molar-refractivity contribution in [2.75, 3.05) is 18.1 Å². The van der Waals surface area contributed by atoms with Crippen molar-refractivity contribution in [2.45, 2.75) is 12.8 Å². The molecule has 0 spiro atoms. The number of carbonyl (C=O) groups excluding carboxylic acids is 1. The van der Waals surface area contributed by atoms with E-state index in [9.17, 15) is 17.6 Å². The second-order valence-corrected chi connectivity index (χ2v) is 6.84. The van der Waals surface area contributed by atoms with Crippen molar-refractivity contribution in [1.82, 2.24) is 0 Å². The van der Waals surface area contributed by atoms with Crippen LogP contribution in [-0.4, -0.2) is 32.5 Å². The minimum Gasteiger partial charge on any atom is -0.465 e. The first-order valence-corrected chi connectivity index (χ1v) is 7.90. The number of ether oxygens (including phenoxy) is 1. The third kappa shape index (κ3) is 3.76. The van der Waals surface area contributed by atoms with Crippen molar-refractivity contribution < 1.29 is 22.3 Å². The third-order valence-electron chi connectivity index (χ3n) is 3.14. The number of rotatable bonds is 4. The summed E-state index contributed by atoms with van der Waals surface area (Å²) in [6.07, 6.45) is 0.610. The summed E-state index contributed by atoms with van der Waals surface area (Å²) in [5.74, 6) is -1.49. The summed E-state index contributed by atoms with van der Waals surface area (Å²) < 4.78 is 40.8. The molecule has 19 heavy (non-hydrogen) atoms. The number of benzene rings is 1. The molecule has 1 saturated heterocycles. The monoisotopic (exact) mass is 286 g/mol. The maximum Gasteiger partial charge on any atom is 0.310 e. The molecule has 2 rings (SSSR count). The highest BCUT2D eigenvalue weighted by atomic mass is 32.2. The minimum atomic E-state index is -3.09. The molecule has 1 heterocycles. The molecule has 0 saturated carbocycles. The van der Waals surface area contributed by atoms with Crippen molar-refractivity contribution in [3.8, 4) is 0 Å². The first kappa shape index (κ1) is 14.0. The van der Waals surface area contributed by atoms with Crippen molar-refractivity contribution in [3.05, 3.63) is 35.6 Å². The van der Waals surface area contributed by atoms with Crippen LogP contribution in [0.25, 0.3) is 0 Å². The molecule has 0 N–H and O–H groups in total. The largest absolute Gasteiger partial charge is 0.465 e. The Labute approximate surface area is 111 Å². The molecule has 0 amide bonds. The molecule has 1 aliphatic rings. The fourth-order valence-electron chi connectivity index (χ4n) is 2.06. The number of hydrogen-bond donors (Lipinski definition) is 0. The maximum atomic E-state index is 13.3. The molecule has 0 aromatic heterocycles. The molecule has 1 aromatic carbocycles. The third-order valence-corrected chi connectivity index (χ3v) is 4.91. The van der Waals surface area contributed by atoms with Crippen LogP contribution in [0.2, 0.25) is 0 Å². The highest BCUT2D eigenvalue weighted by Crippen LogP contribution is 2.19. The van der Waals surface area contributed by atoms with Gasteiger partial charge in [-0.2, -0.15) is 0 Å². The molecule has 6 heteroatoms. The molecule has 4 nitrogen and oxygen atoms in total. The van der Waals surface area contributed by atoms with Gasteiger partial charge in [0.05, 0.1) is 24.0 Å². The molecule has 104 valence electrons. The van der Waals surface area contributed by atoms with E-state index in [0.717, 1.165) is 0 Å². The van der Waals surface area contributed by atoms with Gasteiger partial charge in [0.2, 0.25) is 0 Å². The van der Waals surface area contributed by atoms with E-state index in [1.165, 1.54) is 6.07 Å². The second-order valence-electron chi connectivity index (χ2n) is 4.61. The molecular weight excluding hydrogens is 271 g/mol. The van der Waals surface area contributed by atoms with Crippen molar-refractivity contribution in [2.24, 2.45) is 5.92 Å². The van der Waals surface area contributed by atoms with Crippen LogP contribution in [0.1, 0.15) is 12.0 Å². The summed E-state index contributed by atoms with van der Waals surface area (Å²) in [6, 6.07) is 6.28. The van der Waals surface area contributed by atoms with E-state index in [0.29, 0.717) is 12.0 Å². The highest BCUT2D eigenvalue weighted by Gasteiger charge is 2.33. The predicted octanol–water partition coefficient (Wildman–Crippen LogP) is 1.35. The topological polar surface area (TPSA) is 60.4 Å². The minimum absolute atomic E-state index is 0.0417. The lowest BCUT2D eigenvalue weighted by atomic mass is 10.1. The van der Waals surface area contributed by atoms with Crippen molar-refractivity contribution in [3.63, 3.8) is 0 Å².